The Balaban J connectivity index is 1.37. The highest BCUT2D eigenvalue weighted by Crippen LogP contribution is 2.37. The standard InChI is InChI=1S/C28H32N4O3/c1-2-13-32-24-19-31(17-16-30-14-6-7-15-30)27(33)25(24)26(29-28(32)34)22-11-8-12-23(18-22)35-20-21-9-4-3-5-10-21/h2-5,8-12,18,26H,1,6-7,13-17,19-20H2,(H,29,34). The zero-order valence-corrected chi connectivity index (χ0v) is 20.0. The molecule has 3 amide bonds. The molecular formula is C28H32N4O3. The molecule has 2 aromatic rings. The van der Waals surface area contributed by atoms with E-state index < -0.39 is 6.04 Å². The minimum Gasteiger partial charge on any atom is -0.489 e. The third-order valence-corrected chi connectivity index (χ3v) is 6.93. The van der Waals surface area contributed by atoms with Crippen molar-refractivity contribution in [2.45, 2.75) is 25.5 Å². The normalized spacial score (nSPS) is 20.3. The summed E-state index contributed by atoms with van der Waals surface area (Å²) in [5, 5.41) is 3.06. The zero-order chi connectivity index (χ0) is 24.2. The summed E-state index contributed by atoms with van der Waals surface area (Å²) in [6, 6.07) is 16.9. The molecule has 3 aliphatic heterocycles. The van der Waals surface area contributed by atoms with Crippen LogP contribution in [0.15, 0.2) is 78.5 Å². The maximum Gasteiger partial charge on any atom is 0.322 e. The summed E-state index contributed by atoms with van der Waals surface area (Å²) < 4.78 is 6.01. The van der Waals surface area contributed by atoms with Gasteiger partial charge >= 0.3 is 6.03 Å². The number of ether oxygens (including phenoxy) is 1. The molecule has 1 saturated heterocycles. The minimum atomic E-state index is -0.511. The number of likely N-dealkylation sites (tertiary alicyclic amines) is 1. The summed E-state index contributed by atoms with van der Waals surface area (Å²) in [6.45, 7) is 8.77. The lowest BCUT2D eigenvalue weighted by molar-refractivity contribution is -0.126. The fraction of sp³-hybridized carbons (Fsp3) is 0.357. The van der Waals surface area contributed by atoms with Crippen LogP contribution in [0.2, 0.25) is 0 Å². The number of benzene rings is 2. The molecule has 0 saturated carbocycles. The number of hydrogen-bond acceptors (Lipinski definition) is 4. The monoisotopic (exact) mass is 472 g/mol. The van der Waals surface area contributed by atoms with E-state index in [1.54, 1.807) is 11.0 Å². The molecule has 0 spiro atoms. The zero-order valence-electron chi connectivity index (χ0n) is 20.0. The van der Waals surface area contributed by atoms with Crippen LogP contribution in [0.3, 0.4) is 0 Å². The summed E-state index contributed by atoms with van der Waals surface area (Å²) in [6.07, 6.45) is 4.14. The molecule has 0 bridgehead atoms. The molecule has 1 N–H and O–H groups in total. The van der Waals surface area contributed by atoms with E-state index in [9.17, 15) is 9.59 Å². The predicted molar refractivity (Wildman–Crippen MR) is 135 cm³/mol. The first-order valence-corrected chi connectivity index (χ1v) is 12.3. The van der Waals surface area contributed by atoms with Crippen LogP contribution in [-0.4, -0.2) is 65.9 Å². The Morgan fingerprint density at radius 2 is 1.83 bits per heavy atom. The topological polar surface area (TPSA) is 65.1 Å². The molecule has 182 valence electrons. The fourth-order valence-corrected chi connectivity index (χ4v) is 5.09. The average molecular weight is 473 g/mol. The number of carbonyl (C=O) groups excluding carboxylic acids is 2. The summed E-state index contributed by atoms with van der Waals surface area (Å²) in [5.41, 5.74) is 3.34. The second-order valence-electron chi connectivity index (χ2n) is 9.26. The lowest BCUT2D eigenvalue weighted by Gasteiger charge is -2.33. The SMILES string of the molecule is C=CCN1C(=O)NC(c2cccc(OCc3ccccc3)c2)C2=C1CN(CCN1CCCC1)C2=O. The van der Waals surface area contributed by atoms with Crippen molar-refractivity contribution < 1.29 is 14.3 Å². The summed E-state index contributed by atoms with van der Waals surface area (Å²) in [5.74, 6) is 0.696. The van der Waals surface area contributed by atoms with Gasteiger partial charge in [0.05, 0.1) is 23.9 Å². The van der Waals surface area contributed by atoms with Crippen LogP contribution in [0.5, 0.6) is 5.75 Å². The maximum absolute atomic E-state index is 13.6. The highest BCUT2D eigenvalue weighted by molar-refractivity contribution is 6.01. The molecule has 3 heterocycles. The van der Waals surface area contributed by atoms with E-state index in [1.165, 1.54) is 12.8 Å². The van der Waals surface area contributed by atoms with E-state index in [-0.39, 0.29) is 11.9 Å². The van der Waals surface area contributed by atoms with E-state index >= 15 is 0 Å². The van der Waals surface area contributed by atoms with Crippen LogP contribution in [0.1, 0.15) is 30.0 Å². The molecule has 1 fully saturated rings. The first-order chi connectivity index (χ1) is 17.1. The van der Waals surface area contributed by atoms with Crippen LogP contribution in [0.25, 0.3) is 0 Å². The van der Waals surface area contributed by atoms with Gasteiger partial charge in [0, 0.05) is 19.6 Å². The van der Waals surface area contributed by atoms with E-state index in [0.717, 1.165) is 36.5 Å². The van der Waals surface area contributed by atoms with Gasteiger partial charge in [-0.1, -0.05) is 48.5 Å². The smallest absolute Gasteiger partial charge is 0.322 e. The Bertz CT molecular complexity index is 1120. The Kier molecular flexibility index (Phi) is 6.86. The Morgan fingerprint density at radius 3 is 2.60 bits per heavy atom. The largest absolute Gasteiger partial charge is 0.489 e. The summed E-state index contributed by atoms with van der Waals surface area (Å²) in [4.78, 5) is 32.6. The number of amides is 3. The molecule has 7 heteroatoms. The Hall–Kier alpha value is -3.58. The number of nitrogens with zero attached hydrogens (tertiary/aromatic N) is 3. The van der Waals surface area contributed by atoms with Gasteiger partial charge in [0.25, 0.3) is 5.91 Å². The second kappa shape index (κ2) is 10.4. The number of hydrogen-bond donors (Lipinski definition) is 1. The average Bonchev–Trinajstić information content (AvgIpc) is 3.52. The van der Waals surface area contributed by atoms with Crippen molar-refractivity contribution in [1.29, 1.82) is 0 Å². The Morgan fingerprint density at radius 1 is 1.03 bits per heavy atom. The second-order valence-corrected chi connectivity index (χ2v) is 9.26. The van der Waals surface area contributed by atoms with Crippen LogP contribution in [-0.2, 0) is 11.4 Å². The van der Waals surface area contributed by atoms with Crippen LogP contribution in [0, 0.1) is 0 Å². The molecule has 3 aliphatic rings. The van der Waals surface area contributed by atoms with Crippen molar-refractivity contribution in [2.75, 3.05) is 39.3 Å². The lowest BCUT2D eigenvalue weighted by atomic mass is 9.95. The molecule has 2 aromatic carbocycles. The van der Waals surface area contributed by atoms with E-state index in [2.05, 4.69) is 16.8 Å². The van der Waals surface area contributed by atoms with Gasteiger partial charge in [0.15, 0.2) is 0 Å². The third-order valence-electron chi connectivity index (χ3n) is 6.93. The predicted octanol–water partition coefficient (Wildman–Crippen LogP) is 3.71. The fourth-order valence-electron chi connectivity index (χ4n) is 5.09. The van der Waals surface area contributed by atoms with Gasteiger partial charge in [-0.3, -0.25) is 9.69 Å². The van der Waals surface area contributed by atoms with Crippen molar-refractivity contribution in [2.24, 2.45) is 0 Å². The van der Waals surface area contributed by atoms with Gasteiger partial charge in [-0.25, -0.2) is 4.79 Å². The molecule has 1 atom stereocenters. The van der Waals surface area contributed by atoms with Crippen LogP contribution >= 0.6 is 0 Å². The molecular weight excluding hydrogens is 440 g/mol. The summed E-state index contributed by atoms with van der Waals surface area (Å²) >= 11 is 0. The summed E-state index contributed by atoms with van der Waals surface area (Å²) in [7, 11) is 0. The van der Waals surface area contributed by atoms with Gasteiger partial charge in [-0.05, 0) is 49.2 Å². The molecule has 7 nitrogen and oxygen atoms in total. The van der Waals surface area contributed by atoms with Crippen LogP contribution < -0.4 is 10.1 Å². The van der Waals surface area contributed by atoms with Crippen molar-refractivity contribution in [1.82, 2.24) is 20.0 Å². The first kappa shape index (κ1) is 23.2. The van der Waals surface area contributed by atoms with E-state index in [4.69, 9.17) is 4.74 Å². The van der Waals surface area contributed by atoms with Crippen LogP contribution in [0.4, 0.5) is 4.79 Å². The first-order valence-electron chi connectivity index (χ1n) is 12.3. The number of nitrogens with one attached hydrogen (secondary N) is 1. The quantitative estimate of drug-likeness (QED) is 0.565. The van der Waals surface area contributed by atoms with Gasteiger partial charge in [0.2, 0.25) is 0 Å². The van der Waals surface area contributed by atoms with Gasteiger partial charge in [-0.15, -0.1) is 6.58 Å². The number of urea groups is 1. The van der Waals surface area contributed by atoms with E-state index in [1.807, 2.05) is 59.5 Å². The van der Waals surface area contributed by atoms with Crippen molar-refractivity contribution in [3.8, 4) is 5.75 Å². The molecule has 35 heavy (non-hydrogen) atoms. The lowest BCUT2D eigenvalue weighted by Crippen LogP contribution is -2.47. The highest BCUT2D eigenvalue weighted by atomic mass is 16.5. The number of carbonyl (C=O) groups is 2. The minimum absolute atomic E-state index is 0.00568. The highest BCUT2D eigenvalue weighted by Gasteiger charge is 2.43. The molecule has 5 rings (SSSR count). The molecule has 0 radical (unpaired) electrons. The third kappa shape index (κ3) is 4.95. The van der Waals surface area contributed by atoms with Gasteiger partial charge in [-0.2, -0.15) is 0 Å². The number of rotatable bonds is 9. The Labute approximate surface area is 206 Å². The molecule has 0 aliphatic carbocycles. The molecule has 1 unspecified atom stereocenters. The van der Waals surface area contributed by atoms with Crippen molar-refractivity contribution in [3.63, 3.8) is 0 Å². The molecule has 0 aromatic heterocycles. The van der Waals surface area contributed by atoms with E-state index in [0.29, 0.717) is 37.6 Å². The maximum atomic E-state index is 13.6. The van der Waals surface area contributed by atoms with Crippen molar-refractivity contribution >= 4 is 11.9 Å². The van der Waals surface area contributed by atoms with Crippen molar-refractivity contribution in [3.05, 3.63) is 89.6 Å². The van der Waals surface area contributed by atoms with Gasteiger partial charge < -0.3 is 19.9 Å². The van der Waals surface area contributed by atoms with Gasteiger partial charge in [0.1, 0.15) is 12.4 Å².